The first-order chi connectivity index (χ1) is 10.7. The minimum absolute atomic E-state index is 0.0933. The standard InChI is InChI=1S/C18H21NO3/c1-19-8-7-18-11-4-5-13(20)17(18)22-16-14(21-2)6-3-10(15(16)18)9-12(11)19/h3,6,11-12,17H,4-5,7-9H2,1-2H3/t11-,12?,17-,18-/m1/s1. The molecule has 2 aliphatic heterocycles. The van der Waals surface area contributed by atoms with E-state index in [2.05, 4.69) is 18.0 Å². The van der Waals surface area contributed by atoms with Gasteiger partial charge in [-0.15, -0.1) is 0 Å². The van der Waals surface area contributed by atoms with Crippen molar-refractivity contribution in [3.05, 3.63) is 23.3 Å². The monoisotopic (exact) mass is 299 g/mol. The minimum atomic E-state index is -0.284. The van der Waals surface area contributed by atoms with Crippen LogP contribution in [0.2, 0.25) is 0 Å². The zero-order valence-electron chi connectivity index (χ0n) is 13.1. The van der Waals surface area contributed by atoms with E-state index in [0.29, 0.717) is 18.4 Å². The molecule has 1 unspecified atom stereocenters. The summed E-state index contributed by atoms with van der Waals surface area (Å²) in [6.07, 6.45) is 3.47. The van der Waals surface area contributed by atoms with Gasteiger partial charge < -0.3 is 14.4 Å². The molecule has 2 aliphatic carbocycles. The Kier molecular flexibility index (Phi) is 2.38. The lowest BCUT2D eigenvalue weighted by molar-refractivity contribution is -0.138. The summed E-state index contributed by atoms with van der Waals surface area (Å²) in [6.45, 7) is 1.05. The van der Waals surface area contributed by atoms with E-state index in [1.165, 1.54) is 11.1 Å². The molecule has 2 bridgehead atoms. The number of ketones is 1. The third-order valence-electron chi connectivity index (χ3n) is 6.59. The highest BCUT2D eigenvalue weighted by Crippen LogP contribution is 2.62. The number of hydrogen-bond donors (Lipinski definition) is 0. The summed E-state index contributed by atoms with van der Waals surface area (Å²) in [7, 11) is 3.91. The number of nitrogens with zero attached hydrogens (tertiary/aromatic N) is 1. The number of likely N-dealkylation sites (N-methyl/N-ethyl adjacent to an activating group) is 1. The lowest BCUT2D eigenvalue weighted by Crippen LogP contribution is -2.65. The first-order valence-corrected chi connectivity index (χ1v) is 8.27. The molecule has 116 valence electrons. The minimum Gasteiger partial charge on any atom is -0.493 e. The average molecular weight is 299 g/mol. The number of rotatable bonds is 1. The molecule has 0 aromatic heterocycles. The van der Waals surface area contributed by atoms with E-state index in [1.807, 2.05) is 6.07 Å². The quantitative estimate of drug-likeness (QED) is 0.794. The fraction of sp³-hybridized carbons (Fsp3) is 0.611. The van der Waals surface area contributed by atoms with Crippen molar-refractivity contribution in [3.8, 4) is 11.5 Å². The van der Waals surface area contributed by atoms with Crippen molar-refractivity contribution >= 4 is 5.78 Å². The van der Waals surface area contributed by atoms with Gasteiger partial charge in [0.1, 0.15) is 0 Å². The van der Waals surface area contributed by atoms with Crippen LogP contribution in [0.3, 0.4) is 0 Å². The molecule has 0 amide bonds. The molecule has 1 aromatic rings. The number of benzene rings is 1. The maximum atomic E-state index is 12.6. The topological polar surface area (TPSA) is 38.8 Å². The maximum Gasteiger partial charge on any atom is 0.174 e. The molecule has 2 fully saturated rings. The Hall–Kier alpha value is -1.55. The molecule has 0 N–H and O–H groups in total. The van der Waals surface area contributed by atoms with Crippen molar-refractivity contribution in [1.29, 1.82) is 0 Å². The van der Waals surface area contributed by atoms with Crippen LogP contribution < -0.4 is 9.47 Å². The van der Waals surface area contributed by atoms with Crippen molar-refractivity contribution < 1.29 is 14.3 Å². The fourth-order valence-corrected chi connectivity index (χ4v) is 5.67. The van der Waals surface area contributed by atoms with Gasteiger partial charge in [0.2, 0.25) is 0 Å². The van der Waals surface area contributed by atoms with Crippen molar-refractivity contribution in [1.82, 2.24) is 4.90 Å². The second-order valence-electron chi connectivity index (χ2n) is 7.28. The van der Waals surface area contributed by atoms with Crippen LogP contribution in [0.15, 0.2) is 12.1 Å². The summed E-state index contributed by atoms with van der Waals surface area (Å²) in [4.78, 5) is 15.1. The summed E-state index contributed by atoms with van der Waals surface area (Å²) < 4.78 is 11.8. The zero-order chi connectivity index (χ0) is 15.1. The molecule has 1 spiro atoms. The Morgan fingerprint density at radius 3 is 3.09 bits per heavy atom. The highest BCUT2D eigenvalue weighted by Gasteiger charge is 2.65. The molecule has 1 aromatic carbocycles. The number of Topliss-reactive ketones (excluding diaryl/α,β-unsaturated/α-hetero) is 1. The number of likely N-dealkylation sites (tertiary alicyclic amines) is 1. The van der Waals surface area contributed by atoms with Gasteiger partial charge in [-0.05, 0) is 50.4 Å². The largest absolute Gasteiger partial charge is 0.493 e. The van der Waals surface area contributed by atoms with Gasteiger partial charge >= 0.3 is 0 Å². The van der Waals surface area contributed by atoms with Gasteiger partial charge in [-0.25, -0.2) is 0 Å². The Balaban J connectivity index is 1.81. The van der Waals surface area contributed by atoms with E-state index < -0.39 is 0 Å². The Bertz CT molecular complexity index is 685. The van der Waals surface area contributed by atoms with Crippen molar-refractivity contribution in [3.63, 3.8) is 0 Å². The lowest BCUT2D eigenvalue weighted by Gasteiger charge is -2.57. The van der Waals surface area contributed by atoms with Crippen LogP contribution >= 0.6 is 0 Å². The van der Waals surface area contributed by atoms with Crippen LogP contribution in [0.25, 0.3) is 0 Å². The molecule has 1 saturated heterocycles. The summed E-state index contributed by atoms with van der Waals surface area (Å²) >= 11 is 0. The zero-order valence-corrected chi connectivity index (χ0v) is 13.1. The van der Waals surface area contributed by atoms with Crippen LogP contribution in [0, 0.1) is 5.92 Å². The van der Waals surface area contributed by atoms with Gasteiger partial charge in [-0.3, -0.25) is 4.79 Å². The Morgan fingerprint density at radius 2 is 2.27 bits per heavy atom. The first-order valence-electron chi connectivity index (χ1n) is 8.27. The molecule has 0 radical (unpaired) electrons. The van der Waals surface area contributed by atoms with E-state index in [-0.39, 0.29) is 17.3 Å². The average Bonchev–Trinajstić information content (AvgIpc) is 2.88. The third-order valence-corrected chi connectivity index (χ3v) is 6.59. The predicted octanol–water partition coefficient (Wildman–Crippen LogP) is 1.93. The van der Waals surface area contributed by atoms with Crippen LogP contribution in [-0.2, 0) is 16.6 Å². The van der Waals surface area contributed by atoms with Crippen molar-refractivity contribution in [2.75, 3.05) is 20.7 Å². The van der Waals surface area contributed by atoms with Gasteiger partial charge in [0.05, 0.1) is 7.11 Å². The number of ether oxygens (including phenoxy) is 2. The van der Waals surface area contributed by atoms with Crippen molar-refractivity contribution in [2.45, 2.75) is 43.2 Å². The van der Waals surface area contributed by atoms with E-state index >= 15 is 0 Å². The molecule has 22 heavy (non-hydrogen) atoms. The first kappa shape index (κ1) is 12.9. The Labute approximate surface area is 130 Å². The summed E-state index contributed by atoms with van der Waals surface area (Å²) in [5.74, 6) is 2.46. The molecule has 4 atom stereocenters. The van der Waals surface area contributed by atoms with Gasteiger partial charge in [0, 0.05) is 23.4 Å². The number of methoxy groups -OCH3 is 1. The van der Waals surface area contributed by atoms with Crippen molar-refractivity contribution in [2.24, 2.45) is 5.92 Å². The lowest BCUT2D eigenvalue weighted by atomic mass is 9.52. The highest BCUT2D eigenvalue weighted by atomic mass is 16.5. The predicted molar refractivity (Wildman–Crippen MR) is 81.6 cm³/mol. The fourth-order valence-electron chi connectivity index (χ4n) is 5.67. The smallest absolute Gasteiger partial charge is 0.174 e. The molecule has 5 rings (SSSR count). The van der Waals surface area contributed by atoms with Gasteiger partial charge in [0.25, 0.3) is 0 Å². The number of carbonyl (C=O) groups excluding carboxylic acids is 1. The number of carbonyl (C=O) groups is 1. The highest BCUT2D eigenvalue weighted by molar-refractivity contribution is 5.89. The molecule has 1 saturated carbocycles. The van der Waals surface area contributed by atoms with Crippen LogP contribution in [0.5, 0.6) is 11.5 Å². The molecular formula is C18H21NO3. The Morgan fingerprint density at radius 1 is 1.41 bits per heavy atom. The van der Waals surface area contributed by atoms with E-state index in [4.69, 9.17) is 9.47 Å². The van der Waals surface area contributed by atoms with E-state index in [1.54, 1.807) is 7.11 Å². The SMILES string of the molecule is COc1ccc2c3c1O[C@@H]1C(=O)CC[C@@H]4C(C2)N(C)CC[C@@]314. The molecule has 4 nitrogen and oxygen atoms in total. The number of hydrogen-bond acceptors (Lipinski definition) is 4. The van der Waals surface area contributed by atoms with Crippen LogP contribution in [0.1, 0.15) is 30.4 Å². The van der Waals surface area contributed by atoms with Crippen LogP contribution in [0.4, 0.5) is 0 Å². The molecule has 4 heteroatoms. The number of piperidine rings is 1. The molecule has 4 aliphatic rings. The third kappa shape index (κ3) is 1.27. The van der Waals surface area contributed by atoms with E-state index in [9.17, 15) is 4.79 Å². The molecular weight excluding hydrogens is 278 g/mol. The second kappa shape index (κ2) is 4.05. The summed E-state index contributed by atoms with van der Waals surface area (Å²) in [5, 5.41) is 0. The molecule has 2 heterocycles. The van der Waals surface area contributed by atoms with E-state index in [0.717, 1.165) is 37.3 Å². The second-order valence-corrected chi connectivity index (χ2v) is 7.28. The van der Waals surface area contributed by atoms with Gasteiger partial charge in [0.15, 0.2) is 23.4 Å². The summed E-state index contributed by atoms with van der Waals surface area (Å²) in [5.41, 5.74) is 2.57. The van der Waals surface area contributed by atoms with Gasteiger partial charge in [-0.2, -0.15) is 0 Å². The summed E-state index contributed by atoms with van der Waals surface area (Å²) in [6, 6.07) is 4.73. The van der Waals surface area contributed by atoms with Crippen LogP contribution in [-0.4, -0.2) is 43.5 Å². The van der Waals surface area contributed by atoms with Gasteiger partial charge in [-0.1, -0.05) is 6.07 Å². The normalized spacial score (nSPS) is 38.5. The maximum absolute atomic E-state index is 12.6.